The van der Waals surface area contributed by atoms with E-state index in [0.717, 1.165) is 24.3 Å². The molecule has 0 fully saturated rings. The van der Waals surface area contributed by atoms with E-state index in [1.54, 1.807) is 30.7 Å². The van der Waals surface area contributed by atoms with Gasteiger partial charge in [-0.2, -0.15) is 5.10 Å². The lowest BCUT2D eigenvalue weighted by Crippen LogP contribution is -2.17. The van der Waals surface area contributed by atoms with Gasteiger partial charge < -0.3 is 4.74 Å². The van der Waals surface area contributed by atoms with Crippen molar-refractivity contribution in [2.45, 2.75) is 39.0 Å². The standard InChI is InChI=1S/C20H25N3O2/c1-2-3-4-5-6-15-25-19-9-7-17(8-10-19)16-22-23-20(24)18-11-13-21-14-12-18/h7-14,16H,2-6,15H2,1H3,(H,23,24)/b22-16-. The van der Waals surface area contributed by atoms with Gasteiger partial charge in [-0.1, -0.05) is 32.6 Å². The van der Waals surface area contributed by atoms with Gasteiger partial charge in [0.2, 0.25) is 0 Å². The molecule has 0 atom stereocenters. The minimum absolute atomic E-state index is 0.262. The molecule has 132 valence electrons. The fourth-order valence-electron chi connectivity index (χ4n) is 2.28. The number of pyridine rings is 1. The number of carbonyl (C=O) groups is 1. The van der Waals surface area contributed by atoms with Crippen molar-refractivity contribution >= 4 is 12.1 Å². The molecule has 0 radical (unpaired) electrons. The zero-order valence-corrected chi connectivity index (χ0v) is 14.6. The Labute approximate surface area is 149 Å². The number of nitrogens with zero attached hydrogens (tertiary/aromatic N) is 2. The van der Waals surface area contributed by atoms with Crippen LogP contribution in [-0.2, 0) is 0 Å². The van der Waals surface area contributed by atoms with E-state index < -0.39 is 0 Å². The molecular formula is C20H25N3O2. The molecule has 0 aliphatic heterocycles. The summed E-state index contributed by atoms with van der Waals surface area (Å²) in [6.07, 6.45) is 10.9. The summed E-state index contributed by atoms with van der Waals surface area (Å²) in [5, 5.41) is 3.97. The lowest BCUT2D eigenvalue weighted by molar-refractivity contribution is 0.0955. The van der Waals surface area contributed by atoms with Crippen molar-refractivity contribution in [1.29, 1.82) is 0 Å². The first-order chi connectivity index (χ1) is 12.3. The number of benzene rings is 1. The first kappa shape index (κ1) is 18.6. The van der Waals surface area contributed by atoms with E-state index >= 15 is 0 Å². The minimum Gasteiger partial charge on any atom is -0.494 e. The van der Waals surface area contributed by atoms with Crippen LogP contribution in [0.5, 0.6) is 5.75 Å². The van der Waals surface area contributed by atoms with Crippen LogP contribution in [0.1, 0.15) is 54.9 Å². The number of unbranched alkanes of at least 4 members (excludes halogenated alkanes) is 4. The molecular weight excluding hydrogens is 314 g/mol. The molecule has 1 aromatic heterocycles. The molecule has 1 aromatic carbocycles. The number of rotatable bonds is 10. The van der Waals surface area contributed by atoms with Gasteiger partial charge in [-0.15, -0.1) is 0 Å². The molecule has 1 amide bonds. The first-order valence-electron chi connectivity index (χ1n) is 8.76. The normalized spacial score (nSPS) is 10.8. The molecule has 1 heterocycles. The Morgan fingerprint density at radius 2 is 1.80 bits per heavy atom. The number of hydrazone groups is 1. The Morgan fingerprint density at radius 3 is 2.52 bits per heavy atom. The summed E-state index contributed by atoms with van der Waals surface area (Å²) in [6.45, 7) is 2.96. The van der Waals surface area contributed by atoms with Gasteiger partial charge in [-0.3, -0.25) is 9.78 Å². The number of carbonyl (C=O) groups excluding carboxylic acids is 1. The maximum atomic E-state index is 11.8. The van der Waals surface area contributed by atoms with Crippen LogP contribution < -0.4 is 10.2 Å². The van der Waals surface area contributed by atoms with Gasteiger partial charge in [0.1, 0.15) is 5.75 Å². The highest BCUT2D eigenvalue weighted by Crippen LogP contribution is 2.12. The van der Waals surface area contributed by atoms with Crippen molar-refractivity contribution in [3.63, 3.8) is 0 Å². The Hall–Kier alpha value is -2.69. The number of ether oxygens (including phenoxy) is 1. The Bertz CT molecular complexity index is 654. The van der Waals surface area contributed by atoms with Crippen LogP contribution in [0.4, 0.5) is 0 Å². The van der Waals surface area contributed by atoms with Crippen LogP contribution in [0.3, 0.4) is 0 Å². The van der Waals surface area contributed by atoms with Crippen molar-refractivity contribution in [3.8, 4) is 5.75 Å². The number of hydrogen-bond donors (Lipinski definition) is 1. The lowest BCUT2D eigenvalue weighted by atomic mass is 10.2. The summed E-state index contributed by atoms with van der Waals surface area (Å²) in [6, 6.07) is 10.9. The third kappa shape index (κ3) is 7.16. The minimum atomic E-state index is -0.262. The molecule has 5 nitrogen and oxygen atoms in total. The van der Waals surface area contributed by atoms with Gasteiger partial charge in [0.05, 0.1) is 12.8 Å². The molecule has 0 saturated heterocycles. The number of nitrogens with one attached hydrogen (secondary N) is 1. The first-order valence-corrected chi connectivity index (χ1v) is 8.76. The fourth-order valence-corrected chi connectivity index (χ4v) is 2.28. The van der Waals surface area contributed by atoms with E-state index in [0.29, 0.717) is 5.56 Å². The largest absolute Gasteiger partial charge is 0.494 e. The Balaban J connectivity index is 1.71. The number of amides is 1. The average Bonchev–Trinajstić information content (AvgIpc) is 2.66. The van der Waals surface area contributed by atoms with Gasteiger partial charge in [-0.05, 0) is 48.4 Å². The van der Waals surface area contributed by atoms with Gasteiger partial charge in [0, 0.05) is 18.0 Å². The zero-order chi connectivity index (χ0) is 17.7. The van der Waals surface area contributed by atoms with E-state index in [1.807, 2.05) is 24.3 Å². The van der Waals surface area contributed by atoms with Crippen LogP contribution in [0.25, 0.3) is 0 Å². The Morgan fingerprint density at radius 1 is 1.08 bits per heavy atom. The highest BCUT2D eigenvalue weighted by atomic mass is 16.5. The quantitative estimate of drug-likeness (QED) is 0.401. The van der Waals surface area contributed by atoms with Crippen LogP contribution in [0.15, 0.2) is 53.9 Å². The zero-order valence-electron chi connectivity index (χ0n) is 14.6. The molecule has 5 heteroatoms. The maximum absolute atomic E-state index is 11.8. The molecule has 2 aromatic rings. The summed E-state index contributed by atoms with van der Waals surface area (Å²) in [5.41, 5.74) is 3.91. The van der Waals surface area contributed by atoms with E-state index in [-0.39, 0.29) is 5.91 Å². The van der Waals surface area contributed by atoms with Crippen molar-refractivity contribution in [1.82, 2.24) is 10.4 Å². The van der Waals surface area contributed by atoms with Crippen LogP contribution >= 0.6 is 0 Å². The highest BCUT2D eigenvalue weighted by Gasteiger charge is 2.02. The number of aromatic nitrogens is 1. The topological polar surface area (TPSA) is 63.6 Å². The summed E-state index contributed by atoms with van der Waals surface area (Å²) < 4.78 is 5.72. The molecule has 0 saturated carbocycles. The van der Waals surface area contributed by atoms with Crippen LogP contribution in [0, 0.1) is 0 Å². The molecule has 0 spiro atoms. The summed E-state index contributed by atoms with van der Waals surface area (Å²) >= 11 is 0. The second-order valence-corrected chi connectivity index (χ2v) is 5.77. The molecule has 0 bridgehead atoms. The Kier molecular flexibility index (Phi) is 8.18. The molecule has 2 rings (SSSR count). The second-order valence-electron chi connectivity index (χ2n) is 5.77. The predicted octanol–water partition coefficient (Wildman–Crippen LogP) is 4.19. The molecule has 0 aliphatic carbocycles. The van der Waals surface area contributed by atoms with Crippen LogP contribution in [-0.4, -0.2) is 23.7 Å². The monoisotopic (exact) mass is 339 g/mol. The summed E-state index contributed by atoms with van der Waals surface area (Å²) in [4.78, 5) is 15.7. The van der Waals surface area contributed by atoms with E-state index in [2.05, 4.69) is 22.4 Å². The molecule has 0 unspecified atom stereocenters. The molecule has 25 heavy (non-hydrogen) atoms. The smallest absolute Gasteiger partial charge is 0.271 e. The van der Waals surface area contributed by atoms with E-state index in [4.69, 9.17) is 4.74 Å². The van der Waals surface area contributed by atoms with E-state index in [1.165, 1.54) is 25.7 Å². The number of hydrogen-bond acceptors (Lipinski definition) is 4. The second kappa shape index (κ2) is 11.0. The van der Waals surface area contributed by atoms with Crippen molar-refractivity contribution in [2.24, 2.45) is 5.10 Å². The van der Waals surface area contributed by atoms with Gasteiger partial charge in [0.15, 0.2) is 0 Å². The highest BCUT2D eigenvalue weighted by molar-refractivity contribution is 5.94. The van der Waals surface area contributed by atoms with Crippen molar-refractivity contribution < 1.29 is 9.53 Å². The summed E-state index contributed by atoms with van der Waals surface area (Å²) in [7, 11) is 0. The van der Waals surface area contributed by atoms with Gasteiger partial charge in [0.25, 0.3) is 5.91 Å². The lowest BCUT2D eigenvalue weighted by Gasteiger charge is -2.06. The van der Waals surface area contributed by atoms with Gasteiger partial charge >= 0.3 is 0 Å². The SMILES string of the molecule is CCCCCCCOc1ccc(/C=N\NC(=O)c2ccncc2)cc1. The van der Waals surface area contributed by atoms with Gasteiger partial charge in [-0.25, -0.2) is 5.43 Å². The molecule has 0 aliphatic rings. The third-order valence-corrected chi connectivity index (χ3v) is 3.72. The summed E-state index contributed by atoms with van der Waals surface area (Å²) in [5.74, 6) is 0.593. The fraction of sp³-hybridized carbons (Fsp3) is 0.350. The predicted molar refractivity (Wildman–Crippen MR) is 100.0 cm³/mol. The maximum Gasteiger partial charge on any atom is 0.271 e. The van der Waals surface area contributed by atoms with Crippen LogP contribution in [0.2, 0.25) is 0 Å². The van der Waals surface area contributed by atoms with E-state index in [9.17, 15) is 4.79 Å². The van der Waals surface area contributed by atoms with Crippen molar-refractivity contribution in [2.75, 3.05) is 6.61 Å². The molecule has 1 N–H and O–H groups in total. The third-order valence-electron chi connectivity index (χ3n) is 3.72. The van der Waals surface area contributed by atoms with Crippen molar-refractivity contribution in [3.05, 3.63) is 59.9 Å². The average molecular weight is 339 g/mol.